The van der Waals surface area contributed by atoms with E-state index in [0.717, 1.165) is 30.5 Å². The summed E-state index contributed by atoms with van der Waals surface area (Å²) in [6.07, 6.45) is 1.93. The van der Waals surface area contributed by atoms with Crippen LogP contribution in [0.1, 0.15) is 30.1 Å². The Balaban J connectivity index is 2.17. The molecule has 0 bridgehead atoms. The van der Waals surface area contributed by atoms with Crippen LogP contribution in [0.2, 0.25) is 5.02 Å². The van der Waals surface area contributed by atoms with Gasteiger partial charge in [-0.3, -0.25) is 4.79 Å². The highest BCUT2D eigenvalue weighted by Gasteiger charge is 2.22. The summed E-state index contributed by atoms with van der Waals surface area (Å²) in [5.74, 6) is 0.0205. The highest BCUT2D eigenvalue weighted by atomic mass is 79.9. The van der Waals surface area contributed by atoms with E-state index in [1.165, 1.54) is 0 Å². The van der Waals surface area contributed by atoms with Gasteiger partial charge in [0.15, 0.2) is 0 Å². The fourth-order valence-electron chi connectivity index (χ4n) is 2.19. The topological polar surface area (TPSA) is 29.5 Å². The molecule has 1 saturated heterocycles. The van der Waals surface area contributed by atoms with E-state index in [1.54, 1.807) is 18.2 Å². The normalized spacial score (nSPS) is 20.2. The van der Waals surface area contributed by atoms with Gasteiger partial charge in [0.05, 0.1) is 6.10 Å². The second-order valence-electron chi connectivity index (χ2n) is 4.66. The molecule has 1 aromatic rings. The minimum Gasteiger partial charge on any atom is -0.376 e. The molecule has 1 aliphatic rings. The zero-order valence-corrected chi connectivity index (χ0v) is 13.2. The number of halogens is 2. The summed E-state index contributed by atoms with van der Waals surface area (Å²) in [4.78, 5) is 14.4. The second kappa shape index (κ2) is 6.73. The monoisotopic (exact) mass is 345 g/mol. The highest BCUT2D eigenvalue weighted by Crippen LogP contribution is 2.21. The number of carbonyl (C=O) groups excluding carboxylic acids is 1. The lowest BCUT2D eigenvalue weighted by Crippen LogP contribution is -2.36. The first kappa shape index (κ1) is 14.8. The summed E-state index contributed by atoms with van der Waals surface area (Å²) in [5, 5.41) is 0.566. The number of nitrogens with zero attached hydrogens (tertiary/aromatic N) is 1. The number of hydrogen-bond donors (Lipinski definition) is 0. The smallest absolute Gasteiger partial charge is 0.254 e. The SMILES string of the molecule is CCC1CN(C(=O)c2cc(Cl)cc(Br)c2)CCCO1. The summed E-state index contributed by atoms with van der Waals surface area (Å²) >= 11 is 9.36. The van der Waals surface area contributed by atoms with Crippen molar-refractivity contribution in [1.82, 2.24) is 4.90 Å². The molecule has 1 fully saturated rings. The molecule has 0 N–H and O–H groups in total. The summed E-state index contributed by atoms with van der Waals surface area (Å²) in [7, 11) is 0. The molecule has 0 aliphatic carbocycles. The van der Waals surface area contributed by atoms with Crippen LogP contribution in [0.5, 0.6) is 0 Å². The predicted molar refractivity (Wildman–Crippen MR) is 79.7 cm³/mol. The Morgan fingerprint density at radius 3 is 3.00 bits per heavy atom. The molecule has 1 aromatic carbocycles. The van der Waals surface area contributed by atoms with Gasteiger partial charge in [-0.05, 0) is 31.0 Å². The van der Waals surface area contributed by atoms with Crippen molar-refractivity contribution in [3.8, 4) is 0 Å². The highest BCUT2D eigenvalue weighted by molar-refractivity contribution is 9.10. The maximum Gasteiger partial charge on any atom is 0.254 e. The summed E-state index contributed by atoms with van der Waals surface area (Å²) in [6.45, 7) is 4.19. The molecule has 3 nitrogen and oxygen atoms in total. The predicted octanol–water partition coefficient (Wildman–Crippen LogP) is 3.74. The third-order valence-electron chi connectivity index (χ3n) is 3.20. The lowest BCUT2D eigenvalue weighted by atomic mass is 10.1. The standard InChI is InChI=1S/C14H17BrClNO2/c1-2-13-9-17(4-3-5-19-13)14(18)10-6-11(15)8-12(16)7-10/h6-8,13H,2-5,9H2,1H3. The Morgan fingerprint density at radius 2 is 2.32 bits per heavy atom. The quantitative estimate of drug-likeness (QED) is 0.816. The van der Waals surface area contributed by atoms with Crippen LogP contribution in [0, 0.1) is 0 Å². The van der Waals surface area contributed by atoms with Gasteiger partial charge in [0, 0.05) is 34.8 Å². The van der Waals surface area contributed by atoms with Crippen LogP contribution in [-0.4, -0.2) is 36.6 Å². The minimum atomic E-state index is 0.0205. The molecular weight excluding hydrogens is 330 g/mol. The van der Waals surface area contributed by atoms with Crippen LogP contribution in [-0.2, 0) is 4.74 Å². The molecule has 1 unspecified atom stereocenters. The van der Waals surface area contributed by atoms with E-state index in [2.05, 4.69) is 22.9 Å². The van der Waals surface area contributed by atoms with Crippen molar-refractivity contribution in [2.24, 2.45) is 0 Å². The van der Waals surface area contributed by atoms with E-state index in [-0.39, 0.29) is 12.0 Å². The van der Waals surface area contributed by atoms with Crippen LogP contribution >= 0.6 is 27.5 Å². The molecule has 0 radical (unpaired) electrons. The van der Waals surface area contributed by atoms with Crippen molar-refractivity contribution in [3.63, 3.8) is 0 Å². The van der Waals surface area contributed by atoms with Crippen LogP contribution < -0.4 is 0 Å². The first-order valence-electron chi connectivity index (χ1n) is 6.47. The van der Waals surface area contributed by atoms with E-state index < -0.39 is 0 Å². The maximum atomic E-state index is 12.5. The van der Waals surface area contributed by atoms with Gasteiger partial charge in [0.1, 0.15) is 0 Å². The Kier molecular flexibility index (Phi) is 5.25. The Hall–Kier alpha value is -0.580. The lowest BCUT2D eigenvalue weighted by molar-refractivity contribution is 0.0460. The average molecular weight is 347 g/mol. The maximum absolute atomic E-state index is 12.5. The second-order valence-corrected chi connectivity index (χ2v) is 6.02. The molecule has 0 saturated carbocycles. The van der Waals surface area contributed by atoms with Crippen LogP contribution in [0.15, 0.2) is 22.7 Å². The van der Waals surface area contributed by atoms with E-state index in [9.17, 15) is 4.79 Å². The van der Waals surface area contributed by atoms with Crippen molar-refractivity contribution < 1.29 is 9.53 Å². The van der Waals surface area contributed by atoms with Gasteiger partial charge in [-0.2, -0.15) is 0 Å². The molecule has 5 heteroatoms. The Morgan fingerprint density at radius 1 is 1.53 bits per heavy atom. The van der Waals surface area contributed by atoms with Gasteiger partial charge in [-0.1, -0.05) is 34.5 Å². The van der Waals surface area contributed by atoms with Crippen molar-refractivity contribution in [1.29, 1.82) is 0 Å². The van der Waals surface area contributed by atoms with Crippen molar-refractivity contribution in [3.05, 3.63) is 33.3 Å². The lowest BCUT2D eigenvalue weighted by Gasteiger charge is -2.23. The van der Waals surface area contributed by atoms with Crippen molar-refractivity contribution in [2.45, 2.75) is 25.9 Å². The first-order chi connectivity index (χ1) is 9.10. The summed E-state index contributed by atoms with van der Waals surface area (Å²) in [6, 6.07) is 5.29. The van der Waals surface area contributed by atoms with Gasteiger partial charge in [0.25, 0.3) is 5.91 Å². The van der Waals surface area contributed by atoms with Gasteiger partial charge in [-0.25, -0.2) is 0 Å². The third-order valence-corrected chi connectivity index (χ3v) is 3.88. The average Bonchev–Trinajstić information content (AvgIpc) is 2.62. The summed E-state index contributed by atoms with van der Waals surface area (Å²) in [5.41, 5.74) is 0.621. The van der Waals surface area contributed by atoms with Crippen molar-refractivity contribution >= 4 is 33.4 Å². The third kappa shape index (κ3) is 3.94. The molecule has 1 aliphatic heterocycles. The van der Waals surface area contributed by atoms with Gasteiger partial charge < -0.3 is 9.64 Å². The number of hydrogen-bond acceptors (Lipinski definition) is 2. The molecule has 1 atom stereocenters. The van der Waals surface area contributed by atoms with Crippen molar-refractivity contribution in [2.75, 3.05) is 19.7 Å². The first-order valence-corrected chi connectivity index (χ1v) is 7.64. The molecule has 19 heavy (non-hydrogen) atoms. The van der Waals surface area contributed by atoms with E-state index >= 15 is 0 Å². The van der Waals surface area contributed by atoms with Gasteiger partial charge in [-0.15, -0.1) is 0 Å². The number of amides is 1. The number of rotatable bonds is 2. The van der Waals surface area contributed by atoms with Gasteiger partial charge >= 0.3 is 0 Å². The number of carbonyl (C=O) groups is 1. The zero-order chi connectivity index (χ0) is 13.8. The molecule has 2 rings (SSSR count). The molecular formula is C14H17BrClNO2. The fourth-order valence-corrected chi connectivity index (χ4v) is 3.05. The minimum absolute atomic E-state index is 0.0205. The van der Waals surface area contributed by atoms with Gasteiger partial charge in [0.2, 0.25) is 0 Å². The number of ether oxygens (including phenoxy) is 1. The molecule has 1 heterocycles. The largest absolute Gasteiger partial charge is 0.376 e. The van der Waals surface area contributed by atoms with E-state index in [1.807, 2.05) is 4.90 Å². The molecule has 104 valence electrons. The van der Waals surface area contributed by atoms with Crippen LogP contribution in [0.3, 0.4) is 0 Å². The van der Waals surface area contributed by atoms with Crippen LogP contribution in [0.25, 0.3) is 0 Å². The fraction of sp³-hybridized carbons (Fsp3) is 0.500. The molecule has 0 aromatic heterocycles. The number of benzene rings is 1. The summed E-state index contributed by atoms with van der Waals surface area (Å²) < 4.78 is 6.51. The molecule has 1 amide bonds. The zero-order valence-electron chi connectivity index (χ0n) is 10.9. The Bertz CT molecular complexity index is 447. The Labute approximate surface area is 127 Å². The van der Waals surface area contributed by atoms with E-state index in [0.29, 0.717) is 17.1 Å². The van der Waals surface area contributed by atoms with E-state index in [4.69, 9.17) is 16.3 Å². The van der Waals surface area contributed by atoms with Crippen LogP contribution in [0.4, 0.5) is 0 Å². The molecule has 0 spiro atoms.